The maximum Gasteiger partial charge on any atom is 0.221 e. The van der Waals surface area contributed by atoms with Gasteiger partial charge in [0.1, 0.15) is 0 Å². The molecule has 3 rings (SSSR count). The van der Waals surface area contributed by atoms with Crippen LogP contribution in [0.2, 0.25) is 0 Å². The summed E-state index contributed by atoms with van der Waals surface area (Å²) in [5.41, 5.74) is 1.83. The Morgan fingerprint density at radius 2 is 1.91 bits per heavy atom. The summed E-state index contributed by atoms with van der Waals surface area (Å²) in [4.78, 5) is 23.1. The molecule has 2 aliphatic rings. The summed E-state index contributed by atoms with van der Waals surface area (Å²) in [7, 11) is 0. The van der Waals surface area contributed by atoms with Crippen molar-refractivity contribution in [3.63, 3.8) is 0 Å². The normalized spacial score (nSPS) is 26.0. The third-order valence-corrected chi connectivity index (χ3v) is 5.10. The fraction of sp³-hybridized carbons (Fsp3) is 0.556. The molecule has 2 amide bonds. The number of hydrogen-bond donors (Lipinski definition) is 2. The second-order valence-electron chi connectivity index (χ2n) is 6.79. The minimum atomic E-state index is -0.0769. The molecule has 2 N–H and O–H groups in total. The van der Waals surface area contributed by atoms with Crippen molar-refractivity contribution in [1.82, 2.24) is 5.32 Å². The molecule has 0 heterocycles. The van der Waals surface area contributed by atoms with E-state index in [0.29, 0.717) is 18.9 Å². The average Bonchev–Trinajstić information content (AvgIpc) is 3.08. The second kappa shape index (κ2) is 6.51. The zero-order valence-electron chi connectivity index (χ0n) is 13.1. The number of nitrogens with one attached hydrogen (secondary N) is 2. The third-order valence-electron chi connectivity index (χ3n) is 5.10. The Kier molecular flexibility index (Phi) is 4.46. The van der Waals surface area contributed by atoms with Crippen molar-refractivity contribution in [1.29, 1.82) is 0 Å². The maximum atomic E-state index is 12.1. The largest absolute Gasteiger partial charge is 0.352 e. The zero-order chi connectivity index (χ0) is 15.5. The van der Waals surface area contributed by atoms with Gasteiger partial charge in [0.25, 0.3) is 0 Å². The van der Waals surface area contributed by atoms with Gasteiger partial charge in [-0.2, -0.15) is 0 Å². The van der Waals surface area contributed by atoms with Gasteiger partial charge in [-0.3, -0.25) is 9.59 Å². The molecule has 3 atom stereocenters. The Hall–Kier alpha value is -1.84. The van der Waals surface area contributed by atoms with Crippen LogP contribution in [0.25, 0.3) is 0 Å². The number of carbonyl (C=O) groups is 2. The lowest BCUT2D eigenvalue weighted by atomic mass is 9.86. The number of hydrogen-bond acceptors (Lipinski definition) is 2. The fourth-order valence-electron chi connectivity index (χ4n) is 4.05. The lowest BCUT2D eigenvalue weighted by Crippen LogP contribution is -2.26. The van der Waals surface area contributed by atoms with Crippen molar-refractivity contribution in [2.45, 2.75) is 45.6 Å². The van der Waals surface area contributed by atoms with E-state index >= 15 is 0 Å². The molecule has 2 fully saturated rings. The first-order chi connectivity index (χ1) is 10.6. The van der Waals surface area contributed by atoms with Crippen molar-refractivity contribution in [3.05, 3.63) is 29.8 Å². The molecule has 22 heavy (non-hydrogen) atoms. The average molecular weight is 300 g/mol. The monoisotopic (exact) mass is 300 g/mol. The van der Waals surface area contributed by atoms with Crippen molar-refractivity contribution in [2.24, 2.45) is 17.8 Å². The van der Waals surface area contributed by atoms with Crippen LogP contribution in [-0.4, -0.2) is 11.8 Å². The van der Waals surface area contributed by atoms with Crippen LogP contribution in [0.1, 0.15) is 44.6 Å². The van der Waals surface area contributed by atoms with E-state index in [9.17, 15) is 9.59 Å². The van der Waals surface area contributed by atoms with E-state index in [-0.39, 0.29) is 11.8 Å². The number of rotatable bonds is 5. The van der Waals surface area contributed by atoms with E-state index in [0.717, 1.165) is 23.1 Å². The number of fused-ring (bicyclic) bond motifs is 2. The van der Waals surface area contributed by atoms with Crippen LogP contribution in [0, 0.1) is 17.8 Å². The molecule has 0 saturated heterocycles. The Balaban J connectivity index is 1.43. The first-order valence-electron chi connectivity index (χ1n) is 8.23. The van der Waals surface area contributed by atoms with Crippen LogP contribution < -0.4 is 10.6 Å². The molecular formula is C18H24N2O2. The minimum Gasteiger partial charge on any atom is -0.352 e. The lowest BCUT2D eigenvalue weighted by molar-refractivity contribution is -0.122. The molecule has 1 aromatic carbocycles. The molecular weight excluding hydrogens is 276 g/mol. The first kappa shape index (κ1) is 15.1. The third kappa shape index (κ3) is 3.67. The van der Waals surface area contributed by atoms with Gasteiger partial charge in [-0.05, 0) is 54.7 Å². The van der Waals surface area contributed by atoms with Gasteiger partial charge in [-0.15, -0.1) is 0 Å². The molecule has 1 aromatic rings. The van der Waals surface area contributed by atoms with Crippen molar-refractivity contribution in [3.8, 4) is 0 Å². The van der Waals surface area contributed by atoms with E-state index in [2.05, 4.69) is 10.6 Å². The quantitative estimate of drug-likeness (QED) is 0.878. The molecule has 0 radical (unpaired) electrons. The highest BCUT2D eigenvalue weighted by Gasteiger charge is 2.39. The molecule has 4 heteroatoms. The van der Waals surface area contributed by atoms with Crippen molar-refractivity contribution < 1.29 is 9.59 Å². The number of carbonyl (C=O) groups excluding carboxylic acids is 2. The molecule has 2 saturated carbocycles. The molecule has 3 unspecified atom stereocenters. The van der Waals surface area contributed by atoms with Crippen LogP contribution in [-0.2, 0) is 16.1 Å². The number of amides is 2. The van der Waals surface area contributed by atoms with Crippen LogP contribution in [0.5, 0.6) is 0 Å². The smallest absolute Gasteiger partial charge is 0.221 e. The van der Waals surface area contributed by atoms with Crippen LogP contribution in [0.3, 0.4) is 0 Å². The summed E-state index contributed by atoms with van der Waals surface area (Å²) in [5.74, 6) is 2.40. The minimum absolute atomic E-state index is 0.0769. The van der Waals surface area contributed by atoms with Gasteiger partial charge < -0.3 is 10.6 Å². The fourth-order valence-corrected chi connectivity index (χ4v) is 4.05. The number of anilines is 1. The first-order valence-corrected chi connectivity index (χ1v) is 8.23. The molecule has 2 aliphatic carbocycles. The molecule has 0 aromatic heterocycles. The molecule has 118 valence electrons. The second-order valence-corrected chi connectivity index (χ2v) is 6.79. The molecule has 4 nitrogen and oxygen atoms in total. The molecule has 0 aliphatic heterocycles. The molecule has 2 bridgehead atoms. The zero-order valence-corrected chi connectivity index (χ0v) is 13.1. The van der Waals surface area contributed by atoms with E-state index in [1.54, 1.807) is 0 Å². The van der Waals surface area contributed by atoms with Crippen molar-refractivity contribution >= 4 is 17.5 Å². The van der Waals surface area contributed by atoms with Gasteiger partial charge in [-0.25, -0.2) is 0 Å². The predicted molar refractivity (Wildman–Crippen MR) is 86.1 cm³/mol. The SMILES string of the molecule is CC(=O)Nc1ccc(CNC(=O)CC2CC3CCC2C3)cc1. The van der Waals surface area contributed by atoms with Crippen LogP contribution in [0.15, 0.2) is 24.3 Å². The van der Waals surface area contributed by atoms with Gasteiger partial charge in [0, 0.05) is 25.6 Å². The highest BCUT2D eigenvalue weighted by atomic mass is 16.2. The van der Waals surface area contributed by atoms with E-state index in [1.165, 1.54) is 32.6 Å². The summed E-state index contributed by atoms with van der Waals surface area (Å²) in [6, 6.07) is 7.59. The van der Waals surface area contributed by atoms with Gasteiger partial charge >= 0.3 is 0 Å². The summed E-state index contributed by atoms with van der Waals surface area (Å²) >= 11 is 0. The lowest BCUT2D eigenvalue weighted by Gasteiger charge is -2.20. The Morgan fingerprint density at radius 3 is 2.50 bits per heavy atom. The van der Waals surface area contributed by atoms with Gasteiger partial charge in [0.05, 0.1) is 0 Å². The standard InChI is InChI=1S/C18H24N2O2/c1-12(21)20-17-6-3-13(4-7-17)11-19-18(22)10-16-9-14-2-5-15(16)8-14/h3-4,6-7,14-16H,2,5,8-11H2,1H3,(H,19,22)(H,20,21). The van der Waals surface area contributed by atoms with Gasteiger partial charge in [0.15, 0.2) is 0 Å². The maximum absolute atomic E-state index is 12.1. The van der Waals surface area contributed by atoms with E-state index in [4.69, 9.17) is 0 Å². The number of benzene rings is 1. The summed E-state index contributed by atoms with van der Waals surface area (Å²) < 4.78 is 0. The molecule has 0 spiro atoms. The Bertz CT molecular complexity index is 553. The van der Waals surface area contributed by atoms with E-state index in [1.807, 2.05) is 24.3 Å². The summed E-state index contributed by atoms with van der Waals surface area (Å²) in [6.07, 6.45) is 5.99. The topological polar surface area (TPSA) is 58.2 Å². The van der Waals surface area contributed by atoms with Gasteiger partial charge in [-0.1, -0.05) is 18.6 Å². The van der Waals surface area contributed by atoms with Crippen LogP contribution >= 0.6 is 0 Å². The summed E-state index contributed by atoms with van der Waals surface area (Å²) in [6.45, 7) is 2.05. The summed E-state index contributed by atoms with van der Waals surface area (Å²) in [5, 5.41) is 5.75. The van der Waals surface area contributed by atoms with Gasteiger partial charge in [0.2, 0.25) is 11.8 Å². The van der Waals surface area contributed by atoms with Crippen molar-refractivity contribution in [2.75, 3.05) is 5.32 Å². The Labute approximate surface area is 131 Å². The van der Waals surface area contributed by atoms with Crippen LogP contribution in [0.4, 0.5) is 5.69 Å². The highest BCUT2D eigenvalue weighted by molar-refractivity contribution is 5.88. The predicted octanol–water partition coefficient (Wildman–Crippen LogP) is 3.09. The highest BCUT2D eigenvalue weighted by Crippen LogP contribution is 2.49. The van der Waals surface area contributed by atoms with E-state index < -0.39 is 0 Å². The Morgan fingerprint density at radius 1 is 1.14 bits per heavy atom.